The molecule has 0 spiro atoms. The summed E-state index contributed by atoms with van der Waals surface area (Å²) < 4.78 is 0. The van der Waals surface area contributed by atoms with E-state index in [1.54, 1.807) is 23.5 Å². The van der Waals surface area contributed by atoms with E-state index in [-0.39, 0.29) is 29.1 Å². The summed E-state index contributed by atoms with van der Waals surface area (Å²) in [4.78, 5) is 37.7. The summed E-state index contributed by atoms with van der Waals surface area (Å²) in [5, 5.41) is 26.0. The lowest BCUT2D eigenvalue weighted by molar-refractivity contribution is -0.142. The summed E-state index contributed by atoms with van der Waals surface area (Å²) in [6.45, 7) is 10.7. The van der Waals surface area contributed by atoms with Gasteiger partial charge in [-0.2, -0.15) is 15.5 Å². The van der Waals surface area contributed by atoms with Crippen LogP contribution >= 0.6 is 0 Å². The first kappa shape index (κ1) is 25.5. The van der Waals surface area contributed by atoms with Gasteiger partial charge >= 0.3 is 0 Å². The van der Waals surface area contributed by atoms with Gasteiger partial charge in [0.2, 0.25) is 11.8 Å². The number of fused-ring (bicyclic) bond motifs is 2. The van der Waals surface area contributed by atoms with Crippen molar-refractivity contribution in [2.24, 2.45) is 22.7 Å². The van der Waals surface area contributed by atoms with Crippen LogP contribution in [0.2, 0.25) is 0 Å². The number of aromatic nitrogens is 4. The molecule has 2 amide bonds. The number of likely N-dealkylation sites (tertiary alicyclic amines) is 1. The Bertz CT molecular complexity index is 1410. The van der Waals surface area contributed by atoms with Crippen molar-refractivity contribution >= 4 is 28.3 Å². The predicted molar refractivity (Wildman–Crippen MR) is 141 cm³/mol. The fourth-order valence-electron chi connectivity index (χ4n) is 5.82. The minimum atomic E-state index is -1.00. The van der Waals surface area contributed by atoms with Crippen molar-refractivity contribution in [3.8, 4) is 6.07 Å². The second kappa shape index (κ2) is 9.31. The van der Waals surface area contributed by atoms with E-state index in [1.807, 2.05) is 45.0 Å². The number of benzene rings is 1. The van der Waals surface area contributed by atoms with Gasteiger partial charge in [0.25, 0.3) is 0 Å². The zero-order valence-electron chi connectivity index (χ0n) is 22.2. The van der Waals surface area contributed by atoms with E-state index in [0.717, 1.165) is 10.8 Å². The normalized spacial score (nSPS) is 23.2. The highest BCUT2D eigenvalue weighted by molar-refractivity contribution is 5.94. The van der Waals surface area contributed by atoms with Crippen molar-refractivity contribution in [2.45, 2.75) is 52.7 Å². The molecule has 2 aromatic heterocycles. The highest BCUT2D eigenvalue weighted by Gasteiger charge is 2.69. The van der Waals surface area contributed by atoms with Gasteiger partial charge in [-0.05, 0) is 22.7 Å². The zero-order valence-corrected chi connectivity index (χ0v) is 22.2. The van der Waals surface area contributed by atoms with Crippen molar-refractivity contribution in [3.63, 3.8) is 0 Å². The lowest BCUT2D eigenvalue weighted by Crippen LogP contribution is -2.56. The molecule has 5 rings (SSSR count). The molecule has 1 aliphatic heterocycles. The Hall–Kier alpha value is -4.13. The van der Waals surface area contributed by atoms with Gasteiger partial charge in [-0.3, -0.25) is 9.59 Å². The minimum absolute atomic E-state index is 0.00470. The second-order valence-corrected chi connectivity index (χ2v) is 11.8. The van der Waals surface area contributed by atoms with Crippen LogP contribution < -0.4 is 10.6 Å². The summed E-state index contributed by atoms with van der Waals surface area (Å²) in [5.74, 6) is -0.304. The molecule has 2 aliphatic rings. The molecule has 1 aliphatic carbocycles. The van der Waals surface area contributed by atoms with Gasteiger partial charge < -0.3 is 15.5 Å². The van der Waals surface area contributed by atoms with E-state index in [4.69, 9.17) is 0 Å². The number of nitriles is 1. The number of hydrogen-bond donors (Lipinski definition) is 2. The Morgan fingerprint density at radius 2 is 1.87 bits per heavy atom. The predicted octanol–water partition coefficient (Wildman–Crippen LogP) is 3.11. The number of carbonyl (C=O) groups excluding carboxylic acids is 2. The van der Waals surface area contributed by atoms with Crippen LogP contribution in [0.5, 0.6) is 0 Å². The summed E-state index contributed by atoms with van der Waals surface area (Å²) >= 11 is 0. The van der Waals surface area contributed by atoms with Gasteiger partial charge in [0, 0.05) is 17.3 Å². The van der Waals surface area contributed by atoms with Crippen LogP contribution in [0.4, 0.5) is 5.69 Å². The van der Waals surface area contributed by atoms with Crippen molar-refractivity contribution in [1.29, 1.82) is 5.26 Å². The van der Waals surface area contributed by atoms with E-state index < -0.39 is 23.5 Å². The molecule has 2 fully saturated rings. The number of nitrogens with one attached hydrogen (secondary N) is 2. The van der Waals surface area contributed by atoms with Crippen LogP contribution in [0.25, 0.3) is 10.8 Å². The van der Waals surface area contributed by atoms with E-state index >= 15 is 0 Å². The molecule has 5 atom stereocenters. The number of piperidine rings is 1. The fraction of sp³-hybridized carbons (Fsp3) is 0.464. The smallest absolute Gasteiger partial charge is 0.246 e. The molecule has 0 bridgehead atoms. The van der Waals surface area contributed by atoms with Crippen molar-refractivity contribution in [3.05, 3.63) is 54.9 Å². The van der Waals surface area contributed by atoms with Crippen molar-refractivity contribution < 1.29 is 9.59 Å². The van der Waals surface area contributed by atoms with Crippen LogP contribution in [0.1, 0.15) is 46.4 Å². The Morgan fingerprint density at radius 1 is 1.16 bits per heavy atom. The van der Waals surface area contributed by atoms with Crippen LogP contribution in [0.3, 0.4) is 0 Å². The quantitative estimate of drug-likeness (QED) is 0.514. The summed E-state index contributed by atoms with van der Waals surface area (Å²) in [5.41, 5.74) is 0.493. The van der Waals surface area contributed by atoms with Gasteiger partial charge in [0.05, 0.1) is 30.3 Å². The van der Waals surface area contributed by atoms with Crippen LogP contribution in [0.15, 0.2) is 49.2 Å². The lowest BCUT2D eigenvalue weighted by Gasteiger charge is -2.38. The molecular formula is C28H32N8O2. The van der Waals surface area contributed by atoms with E-state index in [2.05, 4.69) is 50.7 Å². The maximum atomic E-state index is 14.0. The van der Waals surface area contributed by atoms with Gasteiger partial charge in [-0.1, -0.05) is 58.9 Å². The van der Waals surface area contributed by atoms with Gasteiger partial charge in [0.1, 0.15) is 24.1 Å². The molecule has 10 heteroatoms. The molecule has 3 aromatic rings. The standard InChI is InChI=1S/C28H32N8O2/c1-27(2,3)24(33-17-12-30-15-31-13-17)26(38)36-14-19-21(28(19,4)5)23(36)25(37)34-20(10-29)22-18-9-7-6-8-16(18)11-32-35-22/h6-9,11-13,15,19-21,23-24,33H,14H2,1-5H3,(H,34,37)/t19-,20?,21-,23-,24+/m0/s1. The maximum absolute atomic E-state index is 14.0. The van der Waals surface area contributed by atoms with Crippen LogP contribution in [-0.4, -0.2) is 55.5 Å². The van der Waals surface area contributed by atoms with Gasteiger partial charge in [0.15, 0.2) is 6.04 Å². The summed E-state index contributed by atoms with van der Waals surface area (Å²) in [6, 6.07) is 7.34. The van der Waals surface area contributed by atoms with E-state index in [0.29, 0.717) is 17.9 Å². The maximum Gasteiger partial charge on any atom is 0.246 e. The molecule has 0 radical (unpaired) electrons. The molecule has 196 valence electrons. The Balaban J connectivity index is 1.43. The Kier molecular flexibility index (Phi) is 6.25. The molecule has 2 N–H and O–H groups in total. The minimum Gasteiger partial charge on any atom is -0.371 e. The molecule has 1 saturated carbocycles. The topological polar surface area (TPSA) is 137 Å². The van der Waals surface area contributed by atoms with Crippen molar-refractivity contribution in [2.75, 3.05) is 11.9 Å². The first-order chi connectivity index (χ1) is 18.0. The zero-order chi connectivity index (χ0) is 27.2. The molecular weight excluding hydrogens is 480 g/mol. The SMILES string of the molecule is CC(C)(C)[C@H](Nc1cncnc1)C(=O)N1C[C@H]2[C@@H]([C@H]1C(=O)NC(C#N)c1nncc3ccccc13)C2(C)C. The third-order valence-corrected chi connectivity index (χ3v) is 8.03. The van der Waals surface area contributed by atoms with Gasteiger partial charge in [-0.15, -0.1) is 0 Å². The number of amides is 2. The third kappa shape index (κ3) is 4.42. The molecule has 1 unspecified atom stereocenters. The molecule has 38 heavy (non-hydrogen) atoms. The first-order valence-corrected chi connectivity index (χ1v) is 12.8. The summed E-state index contributed by atoms with van der Waals surface area (Å²) in [6.07, 6.45) is 6.30. The van der Waals surface area contributed by atoms with Gasteiger partial charge in [-0.25, -0.2) is 9.97 Å². The number of carbonyl (C=O) groups is 2. The third-order valence-electron chi connectivity index (χ3n) is 8.03. The molecule has 10 nitrogen and oxygen atoms in total. The number of nitrogens with zero attached hydrogens (tertiary/aromatic N) is 6. The Morgan fingerprint density at radius 3 is 2.55 bits per heavy atom. The molecule has 1 saturated heterocycles. The first-order valence-electron chi connectivity index (χ1n) is 12.8. The highest BCUT2D eigenvalue weighted by Crippen LogP contribution is 2.65. The average molecular weight is 513 g/mol. The number of hydrogen-bond acceptors (Lipinski definition) is 8. The van der Waals surface area contributed by atoms with E-state index in [1.165, 1.54) is 6.33 Å². The Labute approximate surface area is 221 Å². The number of rotatable bonds is 6. The average Bonchev–Trinajstić information content (AvgIpc) is 3.22. The molecule has 1 aromatic carbocycles. The van der Waals surface area contributed by atoms with Crippen molar-refractivity contribution in [1.82, 2.24) is 30.4 Å². The number of anilines is 1. The van der Waals surface area contributed by atoms with E-state index in [9.17, 15) is 14.9 Å². The van der Waals surface area contributed by atoms with Crippen LogP contribution in [-0.2, 0) is 9.59 Å². The largest absolute Gasteiger partial charge is 0.371 e. The monoisotopic (exact) mass is 512 g/mol. The lowest BCUT2D eigenvalue weighted by atomic mass is 9.85. The fourth-order valence-corrected chi connectivity index (χ4v) is 5.82. The highest BCUT2D eigenvalue weighted by atomic mass is 16.2. The second-order valence-electron chi connectivity index (χ2n) is 11.8. The van der Waals surface area contributed by atoms with Crippen LogP contribution in [0, 0.1) is 34.0 Å². The molecule has 3 heterocycles. The summed E-state index contributed by atoms with van der Waals surface area (Å²) in [7, 11) is 0.